The molecule has 2 rings (SSSR count). The van der Waals surface area contributed by atoms with Crippen LogP contribution in [-0.4, -0.2) is 20.3 Å². The van der Waals surface area contributed by atoms with Crippen LogP contribution in [0.2, 0.25) is 0 Å². The Bertz CT molecular complexity index is 570. The van der Waals surface area contributed by atoms with E-state index in [9.17, 15) is 4.39 Å². The average molecular weight is 289 g/mol. The SMILES string of the molecule is COCCc1ccc(Oc2cc(F)cc(CCN)c2)cc1. The maximum Gasteiger partial charge on any atom is 0.130 e. The van der Waals surface area contributed by atoms with Gasteiger partial charge in [-0.25, -0.2) is 4.39 Å². The third-order valence-corrected chi connectivity index (χ3v) is 3.12. The van der Waals surface area contributed by atoms with Crippen molar-refractivity contribution in [2.45, 2.75) is 12.8 Å². The zero-order chi connectivity index (χ0) is 15.1. The van der Waals surface area contributed by atoms with E-state index in [-0.39, 0.29) is 5.82 Å². The predicted octanol–water partition coefficient (Wildman–Crippen LogP) is 3.31. The molecule has 0 heterocycles. The lowest BCUT2D eigenvalue weighted by Crippen LogP contribution is -2.03. The Morgan fingerprint density at radius 1 is 0.952 bits per heavy atom. The summed E-state index contributed by atoms with van der Waals surface area (Å²) in [5.41, 5.74) is 7.51. The van der Waals surface area contributed by atoms with E-state index in [1.54, 1.807) is 7.11 Å². The van der Waals surface area contributed by atoms with Crippen LogP contribution in [0, 0.1) is 5.82 Å². The molecule has 0 aromatic heterocycles. The molecular weight excluding hydrogens is 269 g/mol. The second-order valence-corrected chi connectivity index (χ2v) is 4.82. The summed E-state index contributed by atoms with van der Waals surface area (Å²) in [7, 11) is 1.68. The molecular formula is C17H20FNO2. The molecule has 0 bridgehead atoms. The fourth-order valence-electron chi connectivity index (χ4n) is 2.07. The smallest absolute Gasteiger partial charge is 0.130 e. The van der Waals surface area contributed by atoms with Gasteiger partial charge in [-0.15, -0.1) is 0 Å². The van der Waals surface area contributed by atoms with Gasteiger partial charge in [-0.2, -0.15) is 0 Å². The van der Waals surface area contributed by atoms with Crippen molar-refractivity contribution in [1.29, 1.82) is 0 Å². The van der Waals surface area contributed by atoms with Crippen molar-refractivity contribution in [2.75, 3.05) is 20.3 Å². The molecule has 2 aromatic carbocycles. The molecule has 0 spiro atoms. The summed E-state index contributed by atoms with van der Waals surface area (Å²) in [6.45, 7) is 1.17. The first kappa shape index (κ1) is 15.5. The third-order valence-electron chi connectivity index (χ3n) is 3.12. The molecule has 0 radical (unpaired) electrons. The summed E-state index contributed by atoms with van der Waals surface area (Å²) in [5, 5.41) is 0. The molecule has 2 N–H and O–H groups in total. The van der Waals surface area contributed by atoms with Crippen molar-refractivity contribution in [3.05, 3.63) is 59.4 Å². The number of hydrogen-bond donors (Lipinski definition) is 1. The van der Waals surface area contributed by atoms with Gasteiger partial charge in [0.1, 0.15) is 17.3 Å². The average Bonchev–Trinajstić information content (AvgIpc) is 2.46. The van der Waals surface area contributed by atoms with E-state index < -0.39 is 0 Å². The standard InChI is InChI=1S/C17H20FNO2/c1-20-9-7-13-2-4-16(5-3-13)21-17-11-14(6-8-19)10-15(18)12-17/h2-5,10-12H,6-9,19H2,1H3. The van der Waals surface area contributed by atoms with Crippen LogP contribution in [0.1, 0.15) is 11.1 Å². The van der Waals surface area contributed by atoms with Crippen LogP contribution in [0.4, 0.5) is 4.39 Å². The van der Waals surface area contributed by atoms with E-state index >= 15 is 0 Å². The zero-order valence-electron chi connectivity index (χ0n) is 12.1. The summed E-state index contributed by atoms with van der Waals surface area (Å²) < 4.78 is 24.3. The molecule has 21 heavy (non-hydrogen) atoms. The van der Waals surface area contributed by atoms with Gasteiger partial charge in [0.25, 0.3) is 0 Å². The maximum absolute atomic E-state index is 13.5. The van der Waals surface area contributed by atoms with Crippen LogP contribution in [-0.2, 0) is 17.6 Å². The van der Waals surface area contributed by atoms with Crippen LogP contribution < -0.4 is 10.5 Å². The minimum atomic E-state index is -0.312. The van der Waals surface area contributed by atoms with Gasteiger partial charge in [0, 0.05) is 13.2 Å². The molecule has 2 aromatic rings. The minimum Gasteiger partial charge on any atom is -0.457 e. The van der Waals surface area contributed by atoms with Crippen molar-refractivity contribution in [2.24, 2.45) is 5.73 Å². The Balaban J connectivity index is 2.07. The molecule has 0 fully saturated rings. The molecule has 0 saturated heterocycles. The van der Waals surface area contributed by atoms with E-state index in [4.69, 9.17) is 15.2 Å². The van der Waals surface area contributed by atoms with Gasteiger partial charge in [0.05, 0.1) is 6.61 Å². The number of rotatable bonds is 7. The highest BCUT2D eigenvalue weighted by Crippen LogP contribution is 2.24. The summed E-state index contributed by atoms with van der Waals surface area (Å²) in [4.78, 5) is 0. The largest absolute Gasteiger partial charge is 0.457 e. The Morgan fingerprint density at radius 2 is 1.71 bits per heavy atom. The number of halogens is 1. The van der Waals surface area contributed by atoms with Crippen LogP contribution in [0.3, 0.4) is 0 Å². The molecule has 0 saturated carbocycles. The Morgan fingerprint density at radius 3 is 2.38 bits per heavy atom. The van der Waals surface area contributed by atoms with Gasteiger partial charge in [-0.05, 0) is 54.8 Å². The van der Waals surface area contributed by atoms with Crippen molar-refractivity contribution < 1.29 is 13.9 Å². The second-order valence-electron chi connectivity index (χ2n) is 4.82. The van der Waals surface area contributed by atoms with Crippen LogP contribution in [0.25, 0.3) is 0 Å². The highest BCUT2D eigenvalue weighted by atomic mass is 19.1. The molecule has 3 nitrogen and oxygen atoms in total. The van der Waals surface area contributed by atoms with E-state index in [0.29, 0.717) is 31.1 Å². The summed E-state index contributed by atoms with van der Waals surface area (Å²) in [5.74, 6) is 0.858. The Labute approximate surface area is 124 Å². The lowest BCUT2D eigenvalue weighted by molar-refractivity contribution is 0.202. The molecule has 0 aliphatic rings. The van der Waals surface area contributed by atoms with E-state index in [0.717, 1.165) is 12.0 Å². The fourth-order valence-corrected chi connectivity index (χ4v) is 2.07. The first-order valence-corrected chi connectivity index (χ1v) is 6.96. The quantitative estimate of drug-likeness (QED) is 0.850. The molecule has 4 heteroatoms. The van der Waals surface area contributed by atoms with Crippen LogP contribution >= 0.6 is 0 Å². The number of ether oxygens (including phenoxy) is 2. The number of nitrogens with two attached hydrogens (primary N) is 1. The molecule has 0 amide bonds. The third kappa shape index (κ3) is 4.85. The van der Waals surface area contributed by atoms with E-state index in [1.807, 2.05) is 30.3 Å². The van der Waals surface area contributed by atoms with Gasteiger partial charge in [0.2, 0.25) is 0 Å². The molecule has 0 atom stereocenters. The van der Waals surface area contributed by atoms with Gasteiger partial charge in [-0.3, -0.25) is 0 Å². The van der Waals surface area contributed by atoms with Crippen LogP contribution in [0.15, 0.2) is 42.5 Å². The molecule has 0 unspecified atom stereocenters. The molecule has 0 aliphatic heterocycles. The summed E-state index contributed by atoms with van der Waals surface area (Å²) in [6.07, 6.45) is 1.49. The van der Waals surface area contributed by atoms with Gasteiger partial charge >= 0.3 is 0 Å². The first-order chi connectivity index (χ1) is 10.2. The van der Waals surface area contributed by atoms with Crippen molar-refractivity contribution >= 4 is 0 Å². The van der Waals surface area contributed by atoms with Crippen molar-refractivity contribution in [3.8, 4) is 11.5 Å². The monoisotopic (exact) mass is 289 g/mol. The van der Waals surface area contributed by atoms with Crippen LogP contribution in [0.5, 0.6) is 11.5 Å². The summed E-state index contributed by atoms with van der Waals surface area (Å²) in [6, 6.07) is 12.4. The normalized spacial score (nSPS) is 10.6. The minimum absolute atomic E-state index is 0.312. The van der Waals surface area contributed by atoms with Gasteiger partial charge in [-0.1, -0.05) is 12.1 Å². The number of benzene rings is 2. The fraction of sp³-hybridized carbons (Fsp3) is 0.294. The molecule has 0 aliphatic carbocycles. The van der Waals surface area contributed by atoms with E-state index in [2.05, 4.69) is 0 Å². The van der Waals surface area contributed by atoms with Crippen molar-refractivity contribution in [1.82, 2.24) is 0 Å². The van der Waals surface area contributed by atoms with Gasteiger partial charge < -0.3 is 15.2 Å². The van der Waals surface area contributed by atoms with Crippen molar-refractivity contribution in [3.63, 3.8) is 0 Å². The first-order valence-electron chi connectivity index (χ1n) is 6.96. The summed E-state index contributed by atoms with van der Waals surface area (Å²) >= 11 is 0. The lowest BCUT2D eigenvalue weighted by atomic mass is 10.1. The molecule has 112 valence electrons. The highest BCUT2D eigenvalue weighted by molar-refractivity contribution is 5.36. The highest BCUT2D eigenvalue weighted by Gasteiger charge is 2.03. The Hall–Kier alpha value is -1.91. The topological polar surface area (TPSA) is 44.5 Å². The number of methoxy groups -OCH3 is 1. The van der Waals surface area contributed by atoms with E-state index in [1.165, 1.54) is 17.7 Å². The predicted molar refractivity (Wildman–Crippen MR) is 81.3 cm³/mol. The Kier molecular flexibility index (Phi) is 5.72. The number of hydrogen-bond acceptors (Lipinski definition) is 3. The maximum atomic E-state index is 13.5. The lowest BCUT2D eigenvalue weighted by Gasteiger charge is -2.09. The van der Waals surface area contributed by atoms with Gasteiger partial charge in [0.15, 0.2) is 0 Å². The zero-order valence-corrected chi connectivity index (χ0v) is 12.1. The second kappa shape index (κ2) is 7.76.